The van der Waals surface area contributed by atoms with Crippen LogP contribution in [0.5, 0.6) is 5.75 Å². The summed E-state index contributed by atoms with van der Waals surface area (Å²) in [4.78, 5) is 28.1. The molecular weight excluding hydrogens is 476 g/mol. The van der Waals surface area contributed by atoms with Gasteiger partial charge in [-0.3, -0.25) is 9.59 Å². The Labute approximate surface area is 222 Å². The summed E-state index contributed by atoms with van der Waals surface area (Å²) in [6.45, 7) is 4.64. The van der Waals surface area contributed by atoms with E-state index in [9.17, 15) is 9.59 Å². The molecule has 194 valence electrons. The lowest BCUT2D eigenvalue weighted by molar-refractivity contribution is 0.0784. The van der Waals surface area contributed by atoms with E-state index in [0.717, 1.165) is 22.6 Å². The van der Waals surface area contributed by atoms with Crippen LogP contribution in [0.4, 0.5) is 5.69 Å². The van der Waals surface area contributed by atoms with Crippen molar-refractivity contribution in [3.63, 3.8) is 0 Å². The Bertz CT molecular complexity index is 1500. The number of nitrogens with two attached hydrogens (primary N) is 1. The number of ketones is 1. The van der Waals surface area contributed by atoms with Gasteiger partial charge in [0.1, 0.15) is 11.4 Å². The number of carbonyl (C=O) groups excluding carboxylic acids is 2. The summed E-state index contributed by atoms with van der Waals surface area (Å²) in [5.41, 5.74) is 12.0. The van der Waals surface area contributed by atoms with E-state index in [1.54, 1.807) is 35.9 Å². The first-order valence-electron chi connectivity index (χ1n) is 12.7. The first kappa shape index (κ1) is 25.3. The molecule has 2 N–H and O–H groups in total. The summed E-state index contributed by atoms with van der Waals surface area (Å²) in [6, 6.07) is 22.6. The molecule has 1 heterocycles. The van der Waals surface area contributed by atoms with Gasteiger partial charge in [0, 0.05) is 31.1 Å². The monoisotopic (exact) mass is 508 g/mol. The van der Waals surface area contributed by atoms with Gasteiger partial charge < -0.3 is 15.4 Å². The predicted molar refractivity (Wildman–Crippen MR) is 149 cm³/mol. The molecule has 1 aliphatic carbocycles. The van der Waals surface area contributed by atoms with E-state index in [1.807, 2.05) is 60.7 Å². The minimum Gasteiger partial charge on any atom is -0.497 e. The first-order chi connectivity index (χ1) is 18.2. The quantitative estimate of drug-likeness (QED) is 0.345. The Kier molecular flexibility index (Phi) is 6.53. The highest BCUT2D eigenvalue weighted by Gasteiger charge is 2.37. The van der Waals surface area contributed by atoms with Gasteiger partial charge in [-0.05, 0) is 47.7 Å². The lowest BCUT2D eigenvalue weighted by atomic mass is 9.75. The molecule has 38 heavy (non-hydrogen) atoms. The number of hydrogen-bond acceptors (Lipinski definition) is 5. The number of nitrogens with zero attached hydrogens (tertiary/aromatic N) is 3. The summed E-state index contributed by atoms with van der Waals surface area (Å²) < 4.78 is 7.00. The van der Waals surface area contributed by atoms with E-state index in [0.29, 0.717) is 47.6 Å². The highest BCUT2D eigenvalue weighted by atomic mass is 16.5. The SMILES string of the molecule is COc1ccc(CN(C)C(=O)c2ccc(-n3nc(-c4ccccc4)c4c3CC(C)(C)CC4=O)c(N)c2)cc1. The molecule has 0 aliphatic heterocycles. The smallest absolute Gasteiger partial charge is 0.253 e. The van der Waals surface area contributed by atoms with E-state index in [2.05, 4.69) is 13.8 Å². The van der Waals surface area contributed by atoms with Gasteiger partial charge in [-0.1, -0.05) is 56.3 Å². The number of Topliss-reactive ketones (excluding diaryl/α,β-unsaturated/α-hetero) is 1. The number of benzene rings is 3. The van der Waals surface area contributed by atoms with Crippen LogP contribution in [0, 0.1) is 5.41 Å². The van der Waals surface area contributed by atoms with E-state index >= 15 is 0 Å². The van der Waals surface area contributed by atoms with Gasteiger partial charge >= 0.3 is 0 Å². The molecule has 0 saturated carbocycles. The van der Waals surface area contributed by atoms with E-state index < -0.39 is 0 Å². The van der Waals surface area contributed by atoms with Crippen molar-refractivity contribution in [3.8, 4) is 22.7 Å². The van der Waals surface area contributed by atoms with Gasteiger partial charge in [-0.25, -0.2) is 4.68 Å². The number of rotatable bonds is 6. The molecule has 0 unspecified atom stereocenters. The number of ether oxygens (including phenoxy) is 1. The maximum atomic E-state index is 13.3. The number of methoxy groups -OCH3 is 1. The summed E-state index contributed by atoms with van der Waals surface area (Å²) in [7, 11) is 3.39. The van der Waals surface area contributed by atoms with Crippen molar-refractivity contribution in [3.05, 3.63) is 95.2 Å². The van der Waals surface area contributed by atoms with Gasteiger partial charge in [0.2, 0.25) is 0 Å². The molecular formula is C31H32N4O3. The van der Waals surface area contributed by atoms with Crippen molar-refractivity contribution in [1.29, 1.82) is 0 Å². The molecule has 4 aromatic rings. The highest BCUT2D eigenvalue weighted by molar-refractivity contribution is 6.04. The van der Waals surface area contributed by atoms with Gasteiger partial charge in [0.15, 0.2) is 5.78 Å². The van der Waals surface area contributed by atoms with Crippen LogP contribution in [0.25, 0.3) is 16.9 Å². The molecule has 0 radical (unpaired) electrons. The minimum atomic E-state index is -0.190. The third-order valence-electron chi connectivity index (χ3n) is 7.02. The van der Waals surface area contributed by atoms with Crippen molar-refractivity contribution < 1.29 is 14.3 Å². The molecule has 0 atom stereocenters. The zero-order chi connectivity index (χ0) is 27.0. The van der Waals surface area contributed by atoms with Crippen molar-refractivity contribution in [2.24, 2.45) is 5.41 Å². The van der Waals surface area contributed by atoms with Crippen LogP contribution in [-0.4, -0.2) is 40.5 Å². The zero-order valence-corrected chi connectivity index (χ0v) is 22.2. The average molecular weight is 509 g/mol. The topological polar surface area (TPSA) is 90.5 Å². The van der Waals surface area contributed by atoms with Crippen molar-refractivity contribution in [2.45, 2.75) is 33.2 Å². The Morgan fingerprint density at radius 2 is 1.76 bits per heavy atom. The second kappa shape index (κ2) is 9.82. The van der Waals surface area contributed by atoms with Crippen LogP contribution in [0.15, 0.2) is 72.8 Å². The number of hydrogen-bond donors (Lipinski definition) is 1. The number of nitrogen functional groups attached to an aromatic ring is 1. The fraction of sp³-hybridized carbons (Fsp3) is 0.258. The van der Waals surface area contributed by atoms with E-state index in [-0.39, 0.29) is 17.1 Å². The summed E-state index contributed by atoms with van der Waals surface area (Å²) >= 11 is 0. The van der Waals surface area contributed by atoms with Crippen LogP contribution < -0.4 is 10.5 Å². The molecule has 1 amide bonds. The van der Waals surface area contributed by atoms with E-state index in [4.69, 9.17) is 15.6 Å². The fourth-order valence-electron chi connectivity index (χ4n) is 5.12. The van der Waals surface area contributed by atoms with Gasteiger partial charge in [0.25, 0.3) is 5.91 Å². The highest BCUT2D eigenvalue weighted by Crippen LogP contribution is 2.40. The van der Waals surface area contributed by atoms with Crippen LogP contribution in [0.2, 0.25) is 0 Å². The molecule has 7 heteroatoms. The number of anilines is 1. The van der Waals surface area contributed by atoms with Gasteiger partial charge in [-0.15, -0.1) is 0 Å². The van der Waals surface area contributed by atoms with Crippen molar-refractivity contribution in [1.82, 2.24) is 14.7 Å². The molecule has 0 saturated heterocycles. The Balaban J connectivity index is 1.48. The van der Waals surface area contributed by atoms with Crippen LogP contribution in [-0.2, 0) is 13.0 Å². The second-order valence-corrected chi connectivity index (χ2v) is 10.7. The molecule has 0 spiro atoms. The van der Waals surface area contributed by atoms with Crippen LogP contribution in [0.1, 0.15) is 52.2 Å². The number of amides is 1. The van der Waals surface area contributed by atoms with E-state index in [1.165, 1.54) is 0 Å². The summed E-state index contributed by atoms with van der Waals surface area (Å²) in [6.07, 6.45) is 1.16. The normalized spacial score (nSPS) is 14.2. The molecule has 1 aliphatic rings. The number of fused-ring (bicyclic) bond motifs is 1. The third kappa shape index (κ3) is 4.79. The second-order valence-electron chi connectivity index (χ2n) is 10.7. The number of carbonyl (C=O) groups is 2. The summed E-state index contributed by atoms with van der Waals surface area (Å²) in [5, 5.41) is 4.90. The summed E-state index contributed by atoms with van der Waals surface area (Å²) in [5.74, 6) is 0.724. The largest absolute Gasteiger partial charge is 0.497 e. The molecule has 5 rings (SSSR count). The van der Waals surface area contributed by atoms with Crippen molar-refractivity contribution >= 4 is 17.4 Å². The Morgan fingerprint density at radius 1 is 1.05 bits per heavy atom. The lowest BCUT2D eigenvalue weighted by Gasteiger charge is -2.29. The molecule has 0 fully saturated rings. The molecule has 7 nitrogen and oxygen atoms in total. The van der Waals surface area contributed by atoms with Gasteiger partial charge in [-0.2, -0.15) is 5.10 Å². The fourth-order valence-corrected chi connectivity index (χ4v) is 5.12. The standard InChI is InChI=1S/C31H32N4O3/c1-31(2)17-26-28(27(36)18-31)29(21-8-6-5-7-9-21)33-35(26)25-15-12-22(16-24(25)32)30(37)34(3)19-20-10-13-23(38-4)14-11-20/h5-16H,17-19,32H2,1-4H3. The third-order valence-corrected chi connectivity index (χ3v) is 7.02. The Morgan fingerprint density at radius 3 is 2.42 bits per heavy atom. The van der Waals surface area contributed by atoms with Gasteiger partial charge in [0.05, 0.1) is 29.7 Å². The Hall–Kier alpha value is -4.39. The maximum Gasteiger partial charge on any atom is 0.253 e. The predicted octanol–water partition coefficient (Wildman–Crippen LogP) is 5.56. The zero-order valence-electron chi connectivity index (χ0n) is 22.2. The average Bonchev–Trinajstić information content (AvgIpc) is 3.27. The molecule has 0 bridgehead atoms. The van der Waals surface area contributed by atoms with Crippen LogP contribution in [0.3, 0.4) is 0 Å². The number of aromatic nitrogens is 2. The minimum absolute atomic E-state index is 0.0897. The molecule has 1 aromatic heterocycles. The van der Waals surface area contributed by atoms with Crippen LogP contribution >= 0.6 is 0 Å². The van der Waals surface area contributed by atoms with Crippen molar-refractivity contribution in [2.75, 3.05) is 19.9 Å². The lowest BCUT2D eigenvalue weighted by Crippen LogP contribution is -2.28. The first-order valence-corrected chi connectivity index (χ1v) is 12.7. The maximum absolute atomic E-state index is 13.3. The molecule has 3 aromatic carbocycles.